The van der Waals surface area contributed by atoms with Crippen molar-refractivity contribution in [2.45, 2.75) is 57.3 Å². The van der Waals surface area contributed by atoms with Gasteiger partial charge in [-0.3, -0.25) is 4.79 Å². The molecule has 1 N–H and O–H groups in total. The number of benzene rings is 2. The van der Waals surface area contributed by atoms with Crippen molar-refractivity contribution in [1.82, 2.24) is 4.57 Å². The summed E-state index contributed by atoms with van der Waals surface area (Å²) in [7, 11) is 0. The SMILES string of the molecule is Cc1cn(CC(O)(CC(C)(C)c2cc(Cl)cc3c2OCC3)C(F)(F)F)c2ccccc2c1=O. The topological polar surface area (TPSA) is 51.5 Å². The number of hydrogen-bond donors (Lipinski definition) is 1. The molecule has 0 spiro atoms. The van der Waals surface area contributed by atoms with Gasteiger partial charge in [0.2, 0.25) is 0 Å². The average molecular weight is 480 g/mol. The quantitative estimate of drug-likeness (QED) is 0.521. The van der Waals surface area contributed by atoms with E-state index in [1.807, 2.05) is 0 Å². The molecule has 0 saturated carbocycles. The summed E-state index contributed by atoms with van der Waals surface area (Å²) in [6.45, 7) is 4.52. The number of nitrogens with zero attached hydrogens (tertiary/aromatic N) is 1. The summed E-state index contributed by atoms with van der Waals surface area (Å²) in [5.74, 6) is 0.540. The van der Waals surface area contributed by atoms with Gasteiger partial charge in [0.15, 0.2) is 11.0 Å². The molecule has 4 nitrogen and oxygen atoms in total. The van der Waals surface area contributed by atoms with E-state index in [0.29, 0.717) is 45.8 Å². The second kappa shape index (κ2) is 8.06. The summed E-state index contributed by atoms with van der Waals surface area (Å²) in [6, 6.07) is 9.83. The first-order valence-corrected chi connectivity index (χ1v) is 11.0. The standard InChI is InChI=1S/C25H25ClF3NO3/c1-15-12-30(20-7-5-4-6-18(20)21(15)31)14-24(32,25(27,28)29)13-23(2,3)19-11-17(26)10-16-8-9-33-22(16)19/h4-7,10-12,32H,8-9,13-14H2,1-3H3. The van der Waals surface area contributed by atoms with Crippen LogP contribution < -0.4 is 10.2 Å². The van der Waals surface area contributed by atoms with Crippen molar-refractivity contribution in [3.8, 4) is 5.75 Å². The van der Waals surface area contributed by atoms with Gasteiger partial charge in [0.1, 0.15) is 5.75 Å². The summed E-state index contributed by atoms with van der Waals surface area (Å²) < 4.78 is 50.2. The lowest BCUT2D eigenvalue weighted by atomic mass is 9.74. The molecule has 1 aromatic heterocycles. The van der Waals surface area contributed by atoms with E-state index in [9.17, 15) is 23.1 Å². The van der Waals surface area contributed by atoms with Gasteiger partial charge in [-0.1, -0.05) is 37.6 Å². The van der Waals surface area contributed by atoms with Gasteiger partial charge in [0, 0.05) is 34.2 Å². The molecule has 0 fully saturated rings. The Bertz CT molecular complexity index is 1280. The molecule has 3 aromatic rings. The number of halogens is 4. The number of fused-ring (bicyclic) bond motifs is 2. The number of aryl methyl sites for hydroxylation is 1. The summed E-state index contributed by atoms with van der Waals surface area (Å²) in [6.07, 6.45) is -3.55. The smallest absolute Gasteiger partial charge is 0.418 e. The Labute approximate surface area is 194 Å². The minimum atomic E-state index is -4.93. The molecule has 176 valence electrons. The van der Waals surface area contributed by atoms with Crippen LogP contribution in [0.15, 0.2) is 47.4 Å². The maximum atomic E-state index is 14.4. The monoisotopic (exact) mass is 479 g/mol. The highest BCUT2D eigenvalue weighted by Crippen LogP contribution is 2.47. The number of hydrogen-bond acceptors (Lipinski definition) is 3. The lowest BCUT2D eigenvalue weighted by Gasteiger charge is -2.39. The zero-order valence-electron chi connectivity index (χ0n) is 18.6. The zero-order chi connectivity index (χ0) is 24.2. The van der Waals surface area contributed by atoms with E-state index in [-0.39, 0.29) is 5.43 Å². The van der Waals surface area contributed by atoms with Crippen molar-refractivity contribution in [2.75, 3.05) is 6.61 Å². The third kappa shape index (κ3) is 4.24. The number of aromatic nitrogens is 1. The molecule has 1 atom stereocenters. The van der Waals surface area contributed by atoms with Crippen molar-refractivity contribution in [2.24, 2.45) is 0 Å². The van der Waals surface area contributed by atoms with Crippen molar-refractivity contribution < 1.29 is 23.0 Å². The van der Waals surface area contributed by atoms with Gasteiger partial charge >= 0.3 is 6.18 Å². The highest BCUT2D eigenvalue weighted by Gasteiger charge is 2.56. The van der Waals surface area contributed by atoms with Crippen LogP contribution in [0.4, 0.5) is 13.2 Å². The number of alkyl halides is 3. The first-order valence-electron chi connectivity index (χ1n) is 10.7. The summed E-state index contributed by atoms with van der Waals surface area (Å²) in [5, 5.41) is 11.9. The Kier molecular flexibility index (Phi) is 5.78. The van der Waals surface area contributed by atoms with E-state index in [2.05, 4.69) is 0 Å². The Balaban J connectivity index is 1.80. The fourth-order valence-electron chi connectivity index (χ4n) is 4.75. The van der Waals surface area contributed by atoms with E-state index in [4.69, 9.17) is 16.3 Å². The van der Waals surface area contributed by atoms with Gasteiger partial charge in [-0.25, -0.2) is 0 Å². The third-order valence-corrected chi connectivity index (χ3v) is 6.56. The number of ether oxygens (including phenoxy) is 1. The molecule has 33 heavy (non-hydrogen) atoms. The molecule has 4 rings (SSSR count). The van der Waals surface area contributed by atoms with Crippen LogP contribution in [0.5, 0.6) is 5.75 Å². The van der Waals surface area contributed by atoms with Crippen molar-refractivity contribution >= 4 is 22.5 Å². The van der Waals surface area contributed by atoms with E-state index < -0.39 is 30.2 Å². The number of pyridine rings is 1. The molecular weight excluding hydrogens is 455 g/mol. The van der Waals surface area contributed by atoms with Crippen LogP contribution >= 0.6 is 11.6 Å². The predicted molar refractivity (Wildman–Crippen MR) is 122 cm³/mol. The van der Waals surface area contributed by atoms with Gasteiger partial charge in [0.25, 0.3) is 0 Å². The number of para-hydroxylation sites is 1. The van der Waals surface area contributed by atoms with Crippen molar-refractivity contribution in [1.29, 1.82) is 0 Å². The maximum absolute atomic E-state index is 14.4. The fourth-order valence-corrected chi connectivity index (χ4v) is 4.99. The Morgan fingerprint density at radius 1 is 1.18 bits per heavy atom. The second-order valence-electron chi connectivity index (χ2n) is 9.42. The van der Waals surface area contributed by atoms with Crippen LogP contribution in [0.25, 0.3) is 10.9 Å². The van der Waals surface area contributed by atoms with E-state index >= 15 is 0 Å². The maximum Gasteiger partial charge on any atom is 0.418 e. The van der Waals surface area contributed by atoms with Crippen LogP contribution in [0, 0.1) is 6.92 Å². The van der Waals surface area contributed by atoms with Gasteiger partial charge < -0.3 is 14.4 Å². The zero-order valence-corrected chi connectivity index (χ0v) is 19.3. The first kappa shape index (κ1) is 23.6. The molecule has 1 unspecified atom stereocenters. The van der Waals surface area contributed by atoms with Crippen LogP contribution in [0.3, 0.4) is 0 Å². The fraction of sp³-hybridized carbons (Fsp3) is 0.400. The van der Waals surface area contributed by atoms with E-state index in [1.54, 1.807) is 57.2 Å². The summed E-state index contributed by atoms with van der Waals surface area (Å²) in [5.41, 5.74) is -2.42. The van der Waals surface area contributed by atoms with Gasteiger partial charge in [0.05, 0.1) is 18.7 Å². The number of aliphatic hydroxyl groups is 1. The molecule has 8 heteroatoms. The summed E-state index contributed by atoms with van der Waals surface area (Å²) in [4.78, 5) is 12.5. The lowest BCUT2D eigenvalue weighted by molar-refractivity contribution is -0.271. The first-order chi connectivity index (χ1) is 15.3. The minimum Gasteiger partial charge on any atom is -0.493 e. The molecule has 2 aromatic carbocycles. The third-order valence-electron chi connectivity index (χ3n) is 6.34. The molecule has 1 aliphatic heterocycles. The van der Waals surface area contributed by atoms with Crippen LogP contribution in [-0.2, 0) is 18.4 Å². The van der Waals surface area contributed by atoms with Crippen LogP contribution in [-0.4, -0.2) is 28.1 Å². The molecule has 0 aliphatic carbocycles. The molecule has 2 heterocycles. The predicted octanol–water partition coefficient (Wildman–Crippen LogP) is 5.56. The van der Waals surface area contributed by atoms with E-state index in [1.165, 1.54) is 10.8 Å². The summed E-state index contributed by atoms with van der Waals surface area (Å²) >= 11 is 6.25. The molecule has 0 amide bonds. The second-order valence-corrected chi connectivity index (χ2v) is 9.85. The lowest BCUT2D eigenvalue weighted by Crippen LogP contribution is -2.52. The highest BCUT2D eigenvalue weighted by molar-refractivity contribution is 6.30. The van der Waals surface area contributed by atoms with Gasteiger partial charge in [-0.15, -0.1) is 0 Å². The Hall–Kier alpha value is -2.51. The number of rotatable bonds is 5. The van der Waals surface area contributed by atoms with Crippen LogP contribution in [0.1, 0.15) is 37.0 Å². The average Bonchev–Trinajstić information content (AvgIpc) is 3.18. The Morgan fingerprint density at radius 2 is 1.88 bits per heavy atom. The van der Waals surface area contributed by atoms with Crippen LogP contribution in [0.2, 0.25) is 5.02 Å². The largest absolute Gasteiger partial charge is 0.493 e. The highest BCUT2D eigenvalue weighted by atomic mass is 35.5. The van der Waals surface area contributed by atoms with Crippen molar-refractivity contribution in [3.05, 3.63) is 74.5 Å². The molecule has 0 saturated heterocycles. The minimum absolute atomic E-state index is 0.246. The molecule has 1 aliphatic rings. The van der Waals surface area contributed by atoms with E-state index in [0.717, 1.165) is 5.56 Å². The Morgan fingerprint density at radius 3 is 2.58 bits per heavy atom. The van der Waals surface area contributed by atoms with Gasteiger partial charge in [-0.05, 0) is 48.6 Å². The molecule has 0 radical (unpaired) electrons. The van der Waals surface area contributed by atoms with Gasteiger partial charge in [-0.2, -0.15) is 13.2 Å². The normalized spacial score (nSPS) is 15.9. The molecular formula is C25H25ClF3NO3. The van der Waals surface area contributed by atoms with Crippen molar-refractivity contribution in [3.63, 3.8) is 0 Å². The molecule has 0 bridgehead atoms.